The fourth-order valence-corrected chi connectivity index (χ4v) is 2.12. The van der Waals surface area contributed by atoms with E-state index in [9.17, 15) is 4.79 Å². The van der Waals surface area contributed by atoms with Gasteiger partial charge in [0.2, 0.25) is 6.54 Å². The Hall–Kier alpha value is -1.08. The van der Waals surface area contributed by atoms with Crippen molar-refractivity contribution >= 4 is 5.97 Å². The smallest absolute Gasteiger partial charge is 0.323 e. The van der Waals surface area contributed by atoms with Crippen molar-refractivity contribution in [3.05, 3.63) is 11.4 Å². The Balaban J connectivity index is 2.43. The Kier molecular flexibility index (Phi) is 5.87. The summed E-state index contributed by atoms with van der Waals surface area (Å²) in [5.74, 6) is -0.0926. The predicted molar refractivity (Wildman–Crippen MR) is 61.9 cm³/mol. The first-order valence-corrected chi connectivity index (χ1v) is 6.03. The van der Waals surface area contributed by atoms with Crippen molar-refractivity contribution in [2.45, 2.75) is 38.6 Å². The van der Waals surface area contributed by atoms with Gasteiger partial charge in [0.1, 0.15) is 6.04 Å². The van der Waals surface area contributed by atoms with Crippen LogP contribution in [0.2, 0.25) is 0 Å². The Morgan fingerprint density at radius 1 is 1.56 bits per heavy atom. The molecule has 4 heteroatoms. The van der Waals surface area contributed by atoms with E-state index in [0.29, 0.717) is 13.2 Å². The number of hydrogen-bond donors (Lipinski definition) is 0. The zero-order chi connectivity index (χ0) is 11.8. The van der Waals surface area contributed by atoms with Gasteiger partial charge in [-0.2, -0.15) is 0 Å². The van der Waals surface area contributed by atoms with Gasteiger partial charge in [0.15, 0.2) is 0 Å². The number of esters is 1. The normalized spacial score (nSPS) is 21.4. The second-order valence-corrected chi connectivity index (χ2v) is 4.03. The summed E-state index contributed by atoms with van der Waals surface area (Å²) in [5.41, 5.74) is 0. The number of carbonyl (C=O) groups is 1. The van der Waals surface area contributed by atoms with Crippen molar-refractivity contribution in [1.82, 2.24) is 4.90 Å². The number of carbonyl (C=O) groups excluding carboxylic acids is 1. The van der Waals surface area contributed by atoms with E-state index in [0.717, 1.165) is 38.8 Å². The first-order valence-electron chi connectivity index (χ1n) is 6.03. The van der Waals surface area contributed by atoms with Crippen LogP contribution in [-0.4, -0.2) is 43.2 Å². The van der Waals surface area contributed by atoms with E-state index in [1.165, 1.54) is 0 Å². The highest BCUT2D eigenvalue weighted by molar-refractivity contribution is 5.75. The second kappa shape index (κ2) is 7.24. The highest BCUT2D eigenvalue weighted by Crippen LogP contribution is 2.18. The molecule has 0 saturated carbocycles. The molecule has 0 aromatic carbocycles. The molecular formula is C12H20N2O2. The van der Waals surface area contributed by atoms with E-state index in [1.807, 2.05) is 6.92 Å². The summed E-state index contributed by atoms with van der Waals surface area (Å²) in [7, 11) is 0. The summed E-state index contributed by atoms with van der Waals surface area (Å²) in [5, 5.41) is 0. The standard InChI is InChI=1S/C12H20N2O2/c1-3-16-12(15)11-7-4-5-9-14(11)10-6-8-13-2/h11H,3-10H2,1H3. The number of rotatable bonds is 5. The molecule has 1 aliphatic rings. The van der Waals surface area contributed by atoms with Gasteiger partial charge >= 0.3 is 5.97 Å². The number of piperidine rings is 1. The lowest BCUT2D eigenvalue weighted by atomic mass is 10.0. The van der Waals surface area contributed by atoms with E-state index in [4.69, 9.17) is 11.3 Å². The van der Waals surface area contributed by atoms with Crippen LogP contribution in [0.25, 0.3) is 4.85 Å². The van der Waals surface area contributed by atoms with Crippen LogP contribution in [0.15, 0.2) is 0 Å². The van der Waals surface area contributed by atoms with Gasteiger partial charge in [-0.3, -0.25) is 9.69 Å². The molecule has 1 saturated heterocycles. The van der Waals surface area contributed by atoms with Crippen molar-refractivity contribution < 1.29 is 9.53 Å². The number of hydrogen-bond acceptors (Lipinski definition) is 3. The minimum absolute atomic E-state index is 0.0700. The third-order valence-corrected chi connectivity index (χ3v) is 2.89. The molecule has 16 heavy (non-hydrogen) atoms. The fourth-order valence-electron chi connectivity index (χ4n) is 2.12. The zero-order valence-electron chi connectivity index (χ0n) is 9.95. The van der Waals surface area contributed by atoms with Gasteiger partial charge in [0.05, 0.1) is 6.61 Å². The highest BCUT2D eigenvalue weighted by Gasteiger charge is 2.29. The van der Waals surface area contributed by atoms with Crippen LogP contribution in [-0.2, 0) is 9.53 Å². The SMILES string of the molecule is [C-]#[N+]CCCN1CCCCC1C(=O)OCC. The summed E-state index contributed by atoms with van der Waals surface area (Å²) < 4.78 is 5.08. The fraction of sp³-hybridized carbons (Fsp3) is 0.833. The minimum atomic E-state index is -0.0926. The maximum absolute atomic E-state index is 11.7. The number of nitrogens with zero attached hydrogens (tertiary/aromatic N) is 2. The minimum Gasteiger partial charge on any atom is -0.465 e. The molecule has 0 radical (unpaired) electrons. The van der Waals surface area contributed by atoms with Gasteiger partial charge in [0, 0.05) is 13.0 Å². The third-order valence-electron chi connectivity index (χ3n) is 2.89. The molecule has 0 amide bonds. The average Bonchev–Trinajstić information content (AvgIpc) is 2.30. The Bertz CT molecular complexity index is 260. The molecule has 0 aromatic rings. The summed E-state index contributed by atoms with van der Waals surface area (Å²) in [6.07, 6.45) is 3.99. The molecule has 1 unspecified atom stereocenters. The van der Waals surface area contributed by atoms with Gasteiger partial charge < -0.3 is 9.58 Å². The van der Waals surface area contributed by atoms with Crippen molar-refractivity contribution in [2.24, 2.45) is 0 Å². The average molecular weight is 224 g/mol. The van der Waals surface area contributed by atoms with Crippen LogP contribution in [0.5, 0.6) is 0 Å². The molecule has 0 aliphatic carbocycles. The summed E-state index contributed by atoms with van der Waals surface area (Å²) in [6, 6.07) is -0.0700. The lowest BCUT2D eigenvalue weighted by molar-refractivity contribution is -0.150. The quantitative estimate of drug-likeness (QED) is 0.405. The topological polar surface area (TPSA) is 33.9 Å². The molecule has 1 rings (SSSR count). The Morgan fingerprint density at radius 3 is 3.06 bits per heavy atom. The van der Waals surface area contributed by atoms with Gasteiger partial charge in [-0.15, -0.1) is 0 Å². The molecule has 0 aromatic heterocycles. The molecule has 0 N–H and O–H groups in total. The Morgan fingerprint density at radius 2 is 2.38 bits per heavy atom. The van der Waals surface area contributed by atoms with E-state index in [-0.39, 0.29) is 12.0 Å². The van der Waals surface area contributed by atoms with E-state index < -0.39 is 0 Å². The van der Waals surface area contributed by atoms with Crippen LogP contribution in [0, 0.1) is 6.57 Å². The maximum Gasteiger partial charge on any atom is 0.323 e. The predicted octanol–water partition coefficient (Wildman–Crippen LogP) is 1.71. The van der Waals surface area contributed by atoms with Crippen molar-refractivity contribution in [1.29, 1.82) is 0 Å². The van der Waals surface area contributed by atoms with Crippen LogP contribution < -0.4 is 0 Å². The lowest BCUT2D eigenvalue weighted by Crippen LogP contribution is -2.46. The monoisotopic (exact) mass is 224 g/mol. The number of ether oxygens (including phenoxy) is 1. The molecule has 4 nitrogen and oxygen atoms in total. The first kappa shape index (κ1) is 13.0. The van der Waals surface area contributed by atoms with Crippen molar-refractivity contribution in [3.8, 4) is 0 Å². The Labute approximate surface area is 97.4 Å². The summed E-state index contributed by atoms with van der Waals surface area (Å²) >= 11 is 0. The van der Waals surface area contributed by atoms with Gasteiger partial charge in [-0.05, 0) is 26.3 Å². The molecule has 1 fully saturated rings. The second-order valence-electron chi connectivity index (χ2n) is 4.03. The summed E-state index contributed by atoms with van der Waals surface area (Å²) in [4.78, 5) is 17.2. The number of likely N-dealkylation sites (tertiary alicyclic amines) is 1. The van der Waals surface area contributed by atoms with Gasteiger partial charge in [0.25, 0.3) is 0 Å². The van der Waals surface area contributed by atoms with Gasteiger partial charge in [-0.25, -0.2) is 6.57 Å². The molecule has 90 valence electrons. The highest BCUT2D eigenvalue weighted by atomic mass is 16.5. The maximum atomic E-state index is 11.7. The largest absolute Gasteiger partial charge is 0.465 e. The van der Waals surface area contributed by atoms with Gasteiger partial charge in [-0.1, -0.05) is 6.42 Å². The molecule has 0 bridgehead atoms. The third kappa shape index (κ3) is 3.82. The summed E-state index contributed by atoms with van der Waals surface area (Å²) in [6.45, 7) is 11.4. The molecule has 1 aliphatic heterocycles. The van der Waals surface area contributed by atoms with Crippen molar-refractivity contribution in [2.75, 3.05) is 26.2 Å². The van der Waals surface area contributed by atoms with E-state index in [2.05, 4.69) is 9.74 Å². The zero-order valence-corrected chi connectivity index (χ0v) is 9.95. The van der Waals surface area contributed by atoms with E-state index in [1.54, 1.807) is 0 Å². The van der Waals surface area contributed by atoms with Crippen LogP contribution in [0.4, 0.5) is 0 Å². The van der Waals surface area contributed by atoms with Crippen molar-refractivity contribution in [3.63, 3.8) is 0 Å². The molecule has 1 heterocycles. The lowest BCUT2D eigenvalue weighted by Gasteiger charge is -2.33. The first-order chi connectivity index (χ1) is 7.79. The molecular weight excluding hydrogens is 204 g/mol. The molecule has 1 atom stereocenters. The van der Waals surface area contributed by atoms with Crippen LogP contribution in [0.1, 0.15) is 32.6 Å². The molecule has 0 spiro atoms. The van der Waals surface area contributed by atoms with Crippen LogP contribution >= 0.6 is 0 Å². The van der Waals surface area contributed by atoms with Crippen LogP contribution in [0.3, 0.4) is 0 Å². The van der Waals surface area contributed by atoms with E-state index >= 15 is 0 Å².